The molecule has 1 fully saturated rings. The fourth-order valence-electron chi connectivity index (χ4n) is 11.3. The normalized spacial score (nSPS) is 18.6. The topological polar surface area (TPSA) is 70.6 Å². The number of para-hydroxylation sites is 4. The van der Waals surface area contributed by atoms with E-state index in [-0.39, 0.29) is 23.3 Å². The van der Waals surface area contributed by atoms with E-state index in [1.54, 1.807) is 0 Å². The van der Waals surface area contributed by atoms with Gasteiger partial charge in [0.05, 0.1) is 45.8 Å². The Labute approximate surface area is 335 Å². The first-order chi connectivity index (χ1) is 28.5. The molecule has 5 nitrogen and oxygen atoms in total. The number of rotatable bonds is 3. The zero-order valence-corrected chi connectivity index (χ0v) is 32.3. The molecule has 2 aliphatic rings. The molecular weight excluding hydrogens is 709 g/mol. The van der Waals surface area contributed by atoms with Gasteiger partial charge in [0, 0.05) is 49.2 Å². The van der Waals surface area contributed by atoms with Gasteiger partial charge < -0.3 is 13.6 Å². The van der Waals surface area contributed by atoms with Gasteiger partial charge in [-0.1, -0.05) is 117 Å². The Morgan fingerprint density at radius 2 is 1.38 bits per heavy atom. The number of furan rings is 1. The van der Waals surface area contributed by atoms with Crippen LogP contribution in [0.1, 0.15) is 67.3 Å². The molecule has 3 heterocycles. The predicted octanol–water partition coefficient (Wildman–Crippen LogP) is 13.6. The Morgan fingerprint density at radius 3 is 2.22 bits per heavy atom. The van der Waals surface area contributed by atoms with Gasteiger partial charge in [0.15, 0.2) is 0 Å². The molecule has 1 saturated carbocycles. The second kappa shape index (κ2) is 12.0. The molecule has 0 radical (unpaired) electrons. The number of benzene rings is 7. The Morgan fingerprint density at radius 1 is 0.621 bits per heavy atom. The maximum absolute atomic E-state index is 11.1. The van der Waals surface area contributed by atoms with Crippen LogP contribution >= 0.6 is 0 Å². The minimum atomic E-state index is -0.242. The molecule has 0 N–H and O–H groups in total. The zero-order valence-electron chi connectivity index (χ0n) is 32.3. The van der Waals surface area contributed by atoms with Crippen LogP contribution in [0.25, 0.3) is 82.4 Å². The molecule has 10 aromatic rings. The second-order valence-electron chi connectivity index (χ2n) is 16.9. The van der Waals surface area contributed by atoms with Crippen LogP contribution in [0.4, 0.5) is 0 Å². The van der Waals surface area contributed by atoms with E-state index in [1.807, 2.05) is 24.3 Å². The average Bonchev–Trinajstić information content (AvgIpc) is 3.97. The third-order valence-electron chi connectivity index (χ3n) is 13.7. The first kappa shape index (κ1) is 33.1. The summed E-state index contributed by atoms with van der Waals surface area (Å²) < 4.78 is 11.3. The second-order valence-corrected chi connectivity index (χ2v) is 16.9. The number of nitrogens with zero attached hydrogens (tertiary/aromatic N) is 4. The van der Waals surface area contributed by atoms with E-state index in [2.05, 4.69) is 150 Å². The lowest BCUT2D eigenvalue weighted by Crippen LogP contribution is -2.30. The Balaban J connectivity index is 1.15. The maximum Gasteiger partial charge on any atom is 0.136 e. The highest BCUT2D eigenvalue weighted by Gasteiger charge is 2.41. The molecule has 5 heteroatoms. The summed E-state index contributed by atoms with van der Waals surface area (Å²) in [4.78, 5) is 0. The van der Waals surface area contributed by atoms with Gasteiger partial charge in [-0.15, -0.1) is 0 Å². The van der Waals surface area contributed by atoms with Crippen LogP contribution in [0.15, 0.2) is 144 Å². The number of hydrogen-bond acceptors (Lipinski definition) is 3. The van der Waals surface area contributed by atoms with Crippen molar-refractivity contribution in [2.75, 3.05) is 0 Å². The third kappa shape index (κ3) is 4.28. The molecule has 0 bridgehead atoms. The fraction of sp³-hybridized carbons (Fsp3) is 0.170. The molecule has 12 rings (SSSR count). The highest BCUT2D eigenvalue weighted by Crippen LogP contribution is 2.55. The molecule has 3 atom stereocenters. The lowest BCUT2D eigenvalue weighted by Gasteiger charge is -2.38. The van der Waals surface area contributed by atoms with Crippen LogP contribution in [0.2, 0.25) is 0 Å². The molecule has 276 valence electrons. The van der Waals surface area contributed by atoms with Gasteiger partial charge in [-0.3, -0.25) is 0 Å². The summed E-state index contributed by atoms with van der Waals surface area (Å²) in [5.74, 6) is -0.294. The number of nitriles is 2. The van der Waals surface area contributed by atoms with Gasteiger partial charge in [0.2, 0.25) is 0 Å². The molecule has 3 unspecified atom stereocenters. The SMILES string of the molecule is CC1(C)c2ccccc2-c2ccc3c(c21)c1ccccc1n3-c1c(C#N)cccc1C1CCCC(C#N)C1n1c2ccccc2c2cc3oc4ccccc4c3cc21. The molecule has 0 aliphatic heterocycles. The van der Waals surface area contributed by atoms with Gasteiger partial charge in [0.1, 0.15) is 17.2 Å². The van der Waals surface area contributed by atoms with Crippen molar-refractivity contribution in [1.29, 1.82) is 10.5 Å². The largest absolute Gasteiger partial charge is 0.456 e. The van der Waals surface area contributed by atoms with E-state index in [0.717, 1.165) is 85.3 Å². The maximum atomic E-state index is 11.1. The Bertz CT molecular complexity index is 3470. The Hall–Kier alpha value is -7.08. The highest BCUT2D eigenvalue weighted by molar-refractivity contribution is 6.17. The molecule has 3 aromatic heterocycles. The van der Waals surface area contributed by atoms with Crippen molar-refractivity contribution in [1.82, 2.24) is 9.13 Å². The summed E-state index contributed by atoms with van der Waals surface area (Å²) in [7, 11) is 0. The third-order valence-corrected chi connectivity index (χ3v) is 13.7. The Kier molecular flexibility index (Phi) is 6.83. The number of hydrogen-bond donors (Lipinski definition) is 0. The molecule has 0 amide bonds. The molecule has 0 spiro atoms. The summed E-state index contributed by atoms with van der Waals surface area (Å²) >= 11 is 0. The molecular formula is C53H38N4O. The smallest absolute Gasteiger partial charge is 0.136 e. The summed E-state index contributed by atoms with van der Waals surface area (Å²) in [5.41, 5.74) is 13.8. The minimum Gasteiger partial charge on any atom is -0.456 e. The van der Waals surface area contributed by atoms with Crippen LogP contribution in [0.5, 0.6) is 0 Å². The van der Waals surface area contributed by atoms with Gasteiger partial charge in [-0.25, -0.2) is 0 Å². The standard InChI is InChI=1S/C53H38N4O/c1-53(2)42-21-7-3-15-33(42)36-25-26-45-49(50(36)53)39-18-5-9-23-44(39)56(45)51-31(29-54)13-11-19-37(51)38-20-12-14-32(30-55)52(38)57-43-22-8-4-16-34(43)40-28-48-41(27-46(40)57)35-17-6-10-24-47(35)58-48/h3-11,13,15-19,21-28,32,38,52H,12,14,20H2,1-2H3. The lowest BCUT2D eigenvalue weighted by molar-refractivity contribution is 0.260. The lowest BCUT2D eigenvalue weighted by atomic mass is 9.73. The van der Waals surface area contributed by atoms with Crippen molar-refractivity contribution in [3.05, 3.63) is 162 Å². The van der Waals surface area contributed by atoms with Gasteiger partial charge in [-0.05, 0) is 83.1 Å². The quantitative estimate of drug-likeness (QED) is 0.181. The zero-order chi connectivity index (χ0) is 38.9. The van der Waals surface area contributed by atoms with E-state index in [9.17, 15) is 10.5 Å². The minimum absolute atomic E-state index is 0.0520. The predicted molar refractivity (Wildman–Crippen MR) is 235 cm³/mol. The van der Waals surface area contributed by atoms with Crippen molar-refractivity contribution in [2.45, 2.75) is 50.5 Å². The van der Waals surface area contributed by atoms with Crippen molar-refractivity contribution < 1.29 is 4.42 Å². The molecule has 58 heavy (non-hydrogen) atoms. The van der Waals surface area contributed by atoms with Crippen LogP contribution < -0.4 is 0 Å². The van der Waals surface area contributed by atoms with Crippen LogP contribution in [-0.4, -0.2) is 9.13 Å². The van der Waals surface area contributed by atoms with Crippen LogP contribution in [0.3, 0.4) is 0 Å². The highest BCUT2D eigenvalue weighted by atomic mass is 16.3. The van der Waals surface area contributed by atoms with Gasteiger partial charge in [0.25, 0.3) is 0 Å². The van der Waals surface area contributed by atoms with Gasteiger partial charge in [-0.2, -0.15) is 10.5 Å². The molecule has 2 aliphatic carbocycles. The first-order valence-electron chi connectivity index (χ1n) is 20.4. The van der Waals surface area contributed by atoms with E-state index in [1.165, 1.54) is 33.0 Å². The van der Waals surface area contributed by atoms with E-state index >= 15 is 0 Å². The summed E-state index contributed by atoms with van der Waals surface area (Å²) in [6, 6.07) is 54.9. The van der Waals surface area contributed by atoms with Crippen molar-refractivity contribution in [3.63, 3.8) is 0 Å². The number of aromatic nitrogens is 2. The summed E-state index contributed by atoms with van der Waals surface area (Å²) in [6.45, 7) is 4.69. The monoisotopic (exact) mass is 746 g/mol. The molecule has 7 aromatic carbocycles. The first-order valence-corrected chi connectivity index (χ1v) is 20.4. The summed E-state index contributed by atoms with van der Waals surface area (Å²) in [5, 5.41) is 28.9. The van der Waals surface area contributed by atoms with Crippen molar-refractivity contribution >= 4 is 65.6 Å². The summed E-state index contributed by atoms with van der Waals surface area (Å²) in [6.07, 6.45) is 2.63. The fourth-order valence-corrected chi connectivity index (χ4v) is 11.3. The molecule has 0 saturated heterocycles. The van der Waals surface area contributed by atoms with Crippen LogP contribution in [0, 0.1) is 28.6 Å². The van der Waals surface area contributed by atoms with E-state index in [0.29, 0.717) is 5.56 Å². The average molecular weight is 747 g/mol. The van der Waals surface area contributed by atoms with Crippen LogP contribution in [-0.2, 0) is 5.41 Å². The van der Waals surface area contributed by atoms with E-state index in [4.69, 9.17) is 4.42 Å². The van der Waals surface area contributed by atoms with E-state index < -0.39 is 0 Å². The van der Waals surface area contributed by atoms with Gasteiger partial charge >= 0.3 is 0 Å². The van der Waals surface area contributed by atoms with Crippen molar-refractivity contribution in [2.24, 2.45) is 5.92 Å². The number of fused-ring (bicyclic) bond motifs is 13. The van der Waals surface area contributed by atoms with Crippen molar-refractivity contribution in [3.8, 4) is 29.0 Å².